The van der Waals surface area contributed by atoms with Crippen LogP contribution in [0.5, 0.6) is 0 Å². The summed E-state index contributed by atoms with van der Waals surface area (Å²) in [7, 11) is 1.92. The molecule has 1 heterocycles. The highest BCUT2D eigenvalue weighted by atomic mass is 35.5. The Morgan fingerprint density at radius 3 is 2.58 bits per heavy atom. The lowest BCUT2D eigenvalue weighted by atomic mass is 10.0. The average Bonchev–Trinajstić information content (AvgIpc) is 2.75. The van der Waals surface area contributed by atoms with Crippen molar-refractivity contribution in [3.8, 4) is 0 Å². The van der Waals surface area contributed by atoms with E-state index in [2.05, 4.69) is 24.0 Å². The van der Waals surface area contributed by atoms with Crippen LogP contribution in [-0.2, 0) is 4.79 Å². The first-order chi connectivity index (χ1) is 11.0. The molecule has 1 aromatic rings. The largest absolute Gasteiger partial charge is 0.480 e. The van der Waals surface area contributed by atoms with E-state index in [0.717, 1.165) is 43.8 Å². The molecule has 2 rings (SSSR count). The Hall–Kier alpha value is -0.810. The van der Waals surface area contributed by atoms with Gasteiger partial charge in [-0.1, -0.05) is 30.7 Å². The molecule has 24 heavy (non-hydrogen) atoms. The average molecular weight is 375 g/mol. The molecule has 1 fully saturated rings. The lowest BCUT2D eigenvalue weighted by Crippen LogP contribution is -2.37. The van der Waals surface area contributed by atoms with E-state index in [1.54, 1.807) is 0 Å². The normalized spacial score (nSPS) is 20.2. The molecular weight excluding hydrogens is 347 g/mol. The molecule has 0 spiro atoms. The smallest absolute Gasteiger partial charge is 0.317 e. The molecule has 0 radical (unpaired) electrons. The lowest BCUT2D eigenvalue weighted by molar-refractivity contribution is -0.138. The van der Waals surface area contributed by atoms with E-state index in [1.165, 1.54) is 5.56 Å². The van der Waals surface area contributed by atoms with Gasteiger partial charge >= 0.3 is 5.97 Å². The van der Waals surface area contributed by atoms with Crippen LogP contribution < -0.4 is 0 Å². The summed E-state index contributed by atoms with van der Waals surface area (Å²) in [5, 5.41) is 9.74. The predicted molar refractivity (Wildman–Crippen MR) is 101 cm³/mol. The van der Waals surface area contributed by atoms with Crippen molar-refractivity contribution in [3.05, 3.63) is 34.9 Å². The molecule has 0 aromatic heterocycles. The number of nitrogens with zero attached hydrogens (tertiary/aromatic N) is 2. The third-order valence-electron chi connectivity index (χ3n) is 4.82. The van der Waals surface area contributed by atoms with E-state index >= 15 is 0 Å². The van der Waals surface area contributed by atoms with Gasteiger partial charge < -0.3 is 5.11 Å². The Bertz CT molecular complexity index is 510. The third kappa shape index (κ3) is 5.92. The molecule has 136 valence electrons. The number of rotatable bonds is 6. The number of carboxylic acids is 1. The Labute approximate surface area is 156 Å². The first-order valence-corrected chi connectivity index (χ1v) is 8.80. The Morgan fingerprint density at radius 2 is 2.00 bits per heavy atom. The second kappa shape index (κ2) is 10.2. The van der Waals surface area contributed by atoms with Crippen molar-refractivity contribution in [2.45, 2.75) is 44.7 Å². The molecule has 4 nitrogen and oxygen atoms in total. The van der Waals surface area contributed by atoms with Gasteiger partial charge in [0, 0.05) is 23.7 Å². The van der Waals surface area contributed by atoms with Crippen LogP contribution in [0.25, 0.3) is 0 Å². The number of benzene rings is 1. The maximum atomic E-state index is 10.9. The predicted octanol–water partition coefficient (Wildman–Crippen LogP) is 4.08. The van der Waals surface area contributed by atoms with Crippen molar-refractivity contribution in [1.29, 1.82) is 0 Å². The van der Waals surface area contributed by atoms with Gasteiger partial charge in [-0.3, -0.25) is 14.6 Å². The quantitative estimate of drug-likeness (QED) is 0.814. The van der Waals surface area contributed by atoms with Crippen molar-refractivity contribution in [2.24, 2.45) is 0 Å². The first-order valence-electron chi connectivity index (χ1n) is 8.42. The number of carbonyl (C=O) groups is 1. The standard InChI is InChI=1S/C18H27ClN2O2.ClH/c1-3-17(14-6-8-15(19)9-7-14)21-11-4-5-16(10-12-21)20(2)13-18(22)23;/h6-9,16-17H,3-5,10-13H2,1-2H3,(H,22,23);1H. The molecule has 1 aliphatic heterocycles. The van der Waals surface area contributed by atoms with Crippen molar-refractivity contribution in [3.63, 3.8) is 0 Å². The zero-order chi connectivity index (χ0) is 16.8. The number of aliphatic carboxylic acids is 1. The fourth-order valence-electron chi connectivity index (χ4n) is 3.59. The number of hydrogen-bond donors (Lipinski definition) is 1. The summed E-state index contributed by atoms with van der Waals surface area (Å²) in [6.45, 7) is 4.42. The number of hydrogen-bond acceptors (Lipinski definition) is 3. The van der Waals surface area contributed by atoms with Gasteiger partial charge in [0.25, 0.3) is 0 Å². The van der Waals surface area contributed by atoms with Gasteiger partial charge in [-0.15, -0.1) is 12.4 Å². The third-order valence-corrected chi connectivity index (χ3v) is 5.07. The van der Waals surface area contributed by atoms with Crippen LogP contribution in [0.3, 0.4) is 0 Å². The Balaban J connectivity index is 0.00000288. The van der Waals surface area contributed by atoms with Crippen molar-refractivity contribution < 1.29 is 9.90 Å². The van der Waals surface area contributed by atoms with Gasteiger partial charge in [0.05, 0.1) is 6.54 Å². The van der Waals surface area contributed by atoms with Crippen LogP contribution in [0.1, 0.15) is 44.2 Å². The molecule has 2 unspecified atom stereocenters. The first kappa shape index (κ1) is 21.2. The highest BCUT2D eigenvalue weighted by Gasteiger charge is 2.25. The molecule has 2 atom stereocenters. The van der Waals surface area contributed by atoms with Gasteiger partial charge in [0.1, 0.15) is 0 Å². The Morgan fingerprint density at radius 1 is 1.33 bits per heavy atom. The summed E-state index contributed by atoms with van der Waals surface area (Å²) in [5.74, 6) is -0.749. The van der Waals surface area contributed by atoms with Crippen LogP contribution in [0.2, 0.25) is 5.02 Å². The van der Waals surface area contributed by atoms with E-state index in [9.17, 15) is 4.79 Å². The van der Waals surface area contributed by atoms with Gasteiger partial charge in [0.2, 0.25) is 0 Å². The maximum absolute atomic E-state index is 10.9. The number of likely N-dealkylation sites (N-methyl/N-ethyl adjacent to an activating group) is 1. The Kier molecular flexibility index (Phi) is 9.06. The minimum Gasteiger partial charge on any atom is -0.480 e. The van der Waals surface area contributed by atoms with Gasteiger partial charge in [-0.25, -0.2) is 0 Å². The fourth-order valence-corrected chi connectivity index (χ4v) is 3.71. The molecule has 0 saturated carbocycles. The molecule has 0 aliphatic carbocycles. The summed E-state index contributed by atoms with van der Waals surface area (Å²) in [4.78, 5) is 15.4. The number of likely N-dealkylation sites (tertiary alicyclic amines) is 1. The summed E-state index contributed by atoms with van der Waals surface area (Å²) < 4.78 is 0. The molecular formula is C18H28Cl2N2O2. The highest BCUT2D eigenvalue weighted by molar-refractivity contribution is 6.30. The summed E-state index contributed by atoms with van der Waals surface area (Å²) in [6, 6.07) is 8.93. The van der Waals surface area contributed by atoms with Crippen LogP contribution >= 0.6 is 24.0 Å². The lowest BCUT2D eigenvalue weighted by Gasteiger charge is -2.31. The number of halogens is 2. The minimum atomic E-state index is -0.749. The van der Waals surface area contributed by atoms with Crippen LogP contribution in [0.4, 0.5) is 0 Å². The topological polar surface area (TPSA) is 43.8 Å². The molecule has 0 amide bonds. The molecule has 0 bridgehead atoms. The maximum Gasteiger partial charge on any atom is 0.317 e. The summed E-state index contributed by atoms with van der Waals surface area (Å²) >= 11 is 6.00. The molecule has 1 aromatic carbocycles. The SMILES string of the molecule is CCC(c1ccc(Cl)cc1)N1CCCC(N(C)CC(=O)O)CC1.Cl. The van der Waals surface area contributed by atoms with Gasteiger partial charge in [-0.05, 0) is 57.0 Å². The van der Waals surface area contributed by atoms with Crippen LogP contribution in [0.15, 0.2) is 24.3 Å². The van der Waals surface area contributed by atoms with E-state index in [-0.39, 0.29) is 19.0 Å². The van der Waals surface area contributed by atoms with Gasteiger partial charge in [-0.2, -0.15) is 0 Å². The van der Waals surface area contributed by atoms with Crippen molar-refractivity contribution in [1.82, 2.24) is 9.80 Å². The van der Waals surface area contributed by atoms with Crippen molar-refractivity contribution >= 4 is 30.0 Å². The molecule has 6 heteroatoms. The molecule has 1 aliphatic rings. The zero-order valence-corrected chi connectivity index (χ0v) is 16.0. The summed E-state index contributed by atoms with van der Waals surface area (Å²) in [5.41, 5.74) is 1.31. The van der Waals surface area contributed by atoms with Gasteiger partial charge in [0.15, 0.2) is 0 Å². The zero-order valence-electron chi connectivity index (χ0n) is 14.4. The monoisotopic (exact) mass is 374 g/mol. The van der Waals surface area contributed by atoms with Crippen LogP contribution in [0, 0.1) is 0 Å². The second-order valence-corrected chi connectivity index (χ2v) is 6.84. The second-order valence-electron chi connectivity index (χ2n) is 6.41. The number of carboxylic acid groups (broad SMARTS) is 1. The molecule has 1 N–H and O–H groups in total. The van der Waals surface area contributed by atoms with E-state index in [4.69, 9.17) is 16.7 Å². The minimum absolute atomic E-state index is 0. The molecule has 1 saturated heterocycles. The van der Waals surface area contributed by atoms with E-state index in [1.807, 2.05) is 24.1 Å². The van der Waals surface area contributed by atoms with Crippen molar-refractivity contribution in [2.75, 3.05) is 26.7 Å². The van der Waals surface area contributed by atoms with E-state index in [0.29, 0.717) is 12.1 Å². The van der Waals surface area contributed by atoms with E-state index < -0.39 is 5.97 Å². The highest BCUT2D eigenvalue weighted by Crippen LogP contribution is 2.28. The van der Waals surface area contributed by atoms with Crippen LogP contribution in [-0.4, -0.2) is 53.6 Å². The summed E-state index contributed by atoms with van der Waals surface area (Å²) in [6.07, 6.45) is 4.27. The fraction of sp³-hybridized carbons (Fsp3) is 0.611.